The van der Waals surface area contributed by atoms with Crippen molar-refractivity contribution in [1.29, 1.82) is 0 Å². The molecule has 1 aromatic carbocycles. The molecular weight excluding hydrogens is 468 g/mol. The molecule has 36 heavy (non-hydrogen) atoms. The first-order chi connectivity index (χ1) is 17.5. The summed E-state index contributed by atoms with van der Waals surface area (Å²) >= 11 is 0. The Morgan fingerprint density at radius 1 is 1.00 bits per heavy atom. The third-order valence-electron chi connectivity index (χ3n) is 6.83. The standard InChI is InChI=1S/C23H36N4O3.2CH2O2/c1-2-25-11-13-26(14-12-25)15-16-29-21-6-4-3-5-20(21)17-27-9-7-23(8-10-27)19-24-22(28)18-30-23;2*2-1-3/h3-6H,2,7-19H2,1H3,(H,24,28);2*1H,(H,2,3). The van der Waals surface area contributed by atoms with Gasteiger partial charge in [-0.3, -0.25) is 24.2 Å². The number of piperidine rings is 1. The van der Waals surface area contributed by atoms with E-state index in [1.807, 2.05) is 0 Å². The monoisotopic (exact) mass is 508 g/mol. The summed E-state index contributed by atoms with van der Waals surface area (Å²) in [4.78, 5) is 35.6. The number of ether oxygens (including phenoxy) is 2. The van der Waals surface area contributed by atoms with Crippen molar-refractivity contribution in [2.45, 2.75) is 31.9 Å². The number of morpholine rings is 1. The number of benzene rings is 1. The number of para-hydroxylation sites is 1. The number of piperazine rings is 1. The molecule has 202 valence electrons. The summed E-state index contributed by atoms with van der Waals surface area (Å²) < 4.78 is 12.1. The van der Waals surface area contributed by atoms with Crippen LogP contribution in [0.1, 0.15) is 25.3 Å². The fraction of sp³-hybridized carbons (Fsp3) is 0.640. The highest BCUT2D eigenvalue weighted by atomic mass is 16.5. The molecule has 4 rings (SSSR count). The van der Waals surface area contributed by atoms with Gasteiger partial charge in [-0.05, 0) is 25.5 Å². The van der Waals surface area contributed by atoms with Gasteiger partial charge in [-0.2, -0.15) is 0 Å². The van der Waals surface area contributed by atoms with Crippen molar-refractivity contribution in [3.63, 3.8) is 0 Å². The molecule has 0 unspecified atom stereocenters. The minimum absolute atomic E-state index is 0.00127. The maximum atomic E-state index is 11.4. The summed E-state index contributed by atoms with van der Waals surface area (Å²) in [5.74, 6) is 1.01. The van der Waals surface area contributed by atoms with Gasteiger partial charge >= 0.3 is 0 Å². The zero-order chi connectivity index (χ0) is 26.2. The average molecular weight is 509 g/mol. The Morgan fingerprint density at radius 3 is 2.19 bits per heavy atom. The second kappa shape index (κ2) is 16.1. The summed E-state index contributed by atoms with van der Waals surface area (Å²) in [5.41, 5.74) is 1.09. The Bertz CT molecular complexity index is 776. The lowest BCUT2D eigenvalue weighted by atomic mass is 9.90. The molecule has 3 fully saturated rings. The topological polar surface area (TPSA) is 132 Å². The molecule has 0 aromatic heterocycles. The number of likely N-dealkylation sites (N-methyl/N-ethyl adjacent to an activating group) is 1. The van der Waals surface area contributed by atoms with Gasteiger partial charge < -0.3 is 29.9 Å². The summed E-state index contributed by atoms with van der Waals surface area (Å²) in [6.07, 6.45) is 1.92. The van der Waals surface area contributed by atoms with Crippen LogP contribution < -0.4 is 10.1 Å². The second-order valence-corrected chi connectivity index (χ2v) is 8.97. The molecule has 3 saturated heterocycles. The maximum absolute atomic E-state index is 11.4. The fourth-order valence-corrected chi connectivity index (χ4v) is 4.65. The third kappa shape index (κ3) is 9.73. The normalized spacial score (nSPS) is 20.2. The molecule has 1 amide bonds. The van der Waals surface area contributed by atoms with Crippen LogP contribution in [-0.4, -0.2) is 121 Å². The Hall–Kier alpha value is -2.73. The summed E-state index contributed by atoms with van der Waals surface area (Å²) in [6.45, 7) is 12.9. The first-order valence-corrected chi connectivity index (χ1v) is 12.4. The van der Waals surface area contributed by atoms with E-state index >= 15 is 0 Å². The van der Waals surface area contributed by atoms with Crippen LogP contribution in [-0.2, 0) is 25.7 Å². The number of nitrogens with zero attached hydrogens (tertiary/aromatic N) is 3. The number of hydrogen-bond acceptors (Lipinski definition) is 8. The molecule has 1 spiro atoms. The number of rotatable bonds is 7. The first kappa shape index (κ1) is 29.5. The second-order valence-electron chi connectivity index (χ2n) is 8.97. The maximum Gasteiger partial charge on any atom is 0.290 e. The van der Waals surface area contributed by atoms with E-state index in [9.17, 15) is 4.79 Å². The van der Waals surface area contributed by atoms with Crippen LogP contribution in [0.15, 0.2) is 24.3 Å². The van der Waals surface area contributed by atoms with E-state index in [2.05, 4.69) is 51.2 Å². The van der Waals surface area contributed by atoms with Gasteiger partial charge in [0, 0.05) is 64.5 Å². The van der Waals surface area contributed by atoms with E-state index in [1.165, 1.54) is 5.56 Å². The van der Waals surface area contributed by atoms with Crippen LogP contribution in [0.4, 0.5) is 0 Å². The first-order valence-electron chi connectivity index (χ1n) is 12.4. The summed E-state index contributed by atoms with van der Waals surface area (Å²) in [7, 11) is 0. The molecule has 0 atom stereocenters. The third-order valence-corrected chi connectivity index (χ3v) is 6.83. The van der Waals surface area contributed by atoms with Crippen molar-refractivity contribution >= 4 is 18.9 Å². The van der Waals surface area contributed by atoms with Crippen LogP contribution in [0.2, 0.25) is 0 Å². The van der Waals surface area contributed by atoms with Gasteiger partial charge in [0.15, 0.2) is 0 Å². The van der Waals surface area contributed by atoms with Gasteiger partial charge in [0.25, 0.3) is 12.9 Å². The molecule has 3 N–H and O–H groups in total. The van der Waals surface area contributed by atoms with Gasteiger partial charge in [-0.1, -0.05) is 25.1 Å². The Balaban J connectivity index is 0.000000693. The van der Waals surface area contributed by atoms with E-state index in [0.717, 1.165) is 84.1 Å². The molecule has 0 radical (unpaired) electrons. The number of nitrogens with one attached hydrogen (secondary N) is 1. The highest BCUT2D eigenvalue weighted by Gasteiger charge is 2.38. The minimum atomic E-state index is -0.250. The van der Waals surface area contributed by atoms with Crippen molar-refractivity contribution < 1.29 is 34.1 Å². The Kier molecular flexibility index (Phi) is 13.2. The van der Waals surface area contributed by atoms with E-state index in [0.29, 0.717) is 6.54 Å². The molecule has 0 saturated carbocycles. The van der Waals surface area contributed by atoms with Gasteiger partial charge in [-0.15, -0.1) is 0 Å². The van der Waals surface area contributed by atoms with E-state index < -0.39 is 0 Å². The fourth-order valence-electron chi connectivity index (χ4n) is 4.65. The van der Waals surface area contributed by atoms with Crippen molar-refractivity contribution in [3.8, 4) is 5.75 Å². The lowest BCUT2D eigenvalue weighted by molar-refractivity contribution is -0.150. The van der Waals surface area contributed by atoms with Gasteiger partial charge in [0.05, 0.1) is 5.60 Å². The predicted octanol–water partition coefficient (Wildman–Crippen LogP) is 0.586. The van der Waals surface area contributed by atoms with Crippen molar-refractivity contribution in [2.75, 3.05) is 72.1 Å². The lowest BCUT2D eigenvalue weighted by Gasteiger charge is -2.43. The van der Waals surface area contributed by atoms with Crippen molar-refractivity contribution in [3.05, 3.63) is 29.8 Å². The quantitative estimate of drug-likeness (QED) is 0.450. The van der Waals surface area contributed by atoms with Crippen molar-refractivity contribution in [1.82, 2.24) is 20.0 Å². The molecule has 0 aliphatic carbocycles. The van der Waals surface area contributed by atoms with Gasteiger partial charge in [0.1, 0.15) is 19.0 Å². The van der Waals surface area contributed by atoms with Crippen LogP contribution in [0.3, 0.4) is 0 Å². The average Bonchev–Trinajstić information content (AvgIpc) is 2.90. The molecule has 1 aromatic rings. The number of carbonyl (C=O) groups is 3. The van der Waals surface area contributed by atoms with E-state index in [-0.39, 0.29) is 31.1 Å². The highest BCUT2D eigenvalue weighted by molar-refractivity contribution is 5.78. The number of hydrogen-bond donors (Lipinski definition) is 3. The van der Waals surface area contributed by atoms with E-state index in [4.69, 9.17) is 29.3 Å². The zero-order valence-corrected chi connectivity index (χ0v) is 21.1. The number of likely N-dealkylation sites (tertiary alicyclic amines) is 1. The summed E-state index contributed by atoms with van der Waals surface area (Å²) in [5, 5.41) is 16.7. The molecular formula is C25H40N4O7. The van der Waals surface area contributed by atoms with Gasteiger partial charge in [0.2, 0.25) is 5.91 Å². The number of carboxylic acid groups (broad SMARTS) is 2. The van der Waals surface area contributed by atoms with Crippen LogP contribution in [0.25, 0.3) is 0 Å². The lowest BCUT2D eigenvalue weighted by Crippen LogP contribution is -2.57. The highest BCUT2D eigenvalue weighted by Crippen LogP contribution is 2.29. The molecule has 3 aliphatic rings. The Labute approximate surface area is 212 Å². The Morgan fingerprint density at radius 2 is 1.61 bits per heavy atom. The van der Waals surface area contributed by atoms with Crippen LogP contribution in [0, 0.1) is 0 Å². The minimum Gasteiger partial charge on any atom is -0.492 e. The number of amides is 1. The molecule has 11 heteroatoms. The van der Waals surface area contributed by atoms with Crippen LogP contribution >= 0.6 is 0 Å². The SMILES string of the molecule is CCN1CCN(CCOc2ccccc2CN2CCC3(CC2)CNC(=O)CO3)CC1.O=CO.O=CO. The number of carbonyl (C=O) groups excluding carboxylic acids is 1. The predicted molar refractivity (Wildman–Crippen MR) is 134 cm³/mol. The smallest absolute Gasteiger partial charge is 0.290 e. The molecule has 3 aliphatic heterocycles. The molecule has 0 bridgehead atoms. The summed E-state index contributed by atoms with van der Waals surface area (Å²) in [6, 6.07) is 8.42. The molecule has 11 nitrogen and oxygen atoms in total. The zero-order valence-electron chi connectivity index (χ0n) is 21.1. The van der Waals surface area contributed by atoms with Gasteiger partial charge in [-0.25, -0.2) is 0 Å². The van der Waals surface area contributed by atoms with Crippen molar-refractivity contribution in [2.24, 2.45) is 0 Å². The molecule has 3 heterocycles. The van der Waals surface area contributed by atoms with Crippen LogP contribution in [0.5, 0.6) is 5.75 Å². The largest absolute Gasteiger partial charge is 0.492 e. The van der Waals surface area contributed by atoms with E-state index in [1.54, 1.807) is 0 Å².